The topological polar surface area (TPSA) is 198 Å². The van der Waals surface area contributed by atoms with Crippen molar-refractivity contribution in [2.45, 2.75) is 117 Å². The van der Waals surface area contributed by atoms with Gasteiger partial charge in [0, 0.05) is 12.8 Å². The van der Waals surface area contributed by atoms with Gasteiger partial charge in [0.05, 0.1) is 15.2 Å². The molecule has 0 aliphatic carbocycles. The fraction of sp³-hybridized carbons (Fsp3) is 0.636. The number of nitrogens with zero attached hydrogens (tertiary/aromatic N) is 1. The molecule has 12 nitrogen and oxygen atoms in total. The Morgan fingerprint density at radius 3 is 2.07 bits per heavy atom. The van der Waals surface area contributed by atoms with Gasteiger partial charge in [0.15, 0.2) is 0 Å². The summed E-state index contributed by atoms with van der Waals surface area (Å²) in [4.78, 5) is 69.7. The van der Waals surface area contributed by atoms with Crippen LogP contribution >= 0.6 is 11.3 Å². The fourth-order valence-corrected chi connectivity index (χ4v) is 5.98. The third-order valence-corrected chi connectivity index (χ3v) is 8.71. The minimum atomic E-state index is -1.01. The highest BCUT2D eigenvalue weighted by atomic mass is 32.1. The largest absolute Gasteiger partial charge is 0.368 e. The number of hydrogen-bond acceptors (Lipinski definition) is 8. The van der Waals surface area contributed by atoms with E-state index < -0.39 is 47.8 Å². The Bertz CT molecular complexity index is 1340. The number of benzene rings is 1. The quantitative estimate of drug-likeness (QED) is 0.125. The standard InChI is InChI=1S/C33H53N7O5S/c1-8-27(41)36-25(17-28-37-22-13-12-21(19(4)5)16-26(22)46-28)32(44)40-29(20(6)7)33(45)38-23(11-9-10-14-34)31(43)39-24(30(35)42)15-18(2)3/h12-13,16,18-20,23-25,29H,8-11,14-15,17,34H2,1-7H3,(H2,35,42)(H,36,41)(H,38,45)(H,39,43)(H,40,44)/t23-,24-,25-,29-/m0/s1. The number of rotatable bonds is 19. The third-order valence-electron chi connectivity index (χ3n) is 7.67. The molecule has 46 heavy (non-hydrogen) atoms. The van der Waals surface area contributed by atoms with Crippen LogP contribution in [0.15, 0.2) is 18.2 Å². The van der Waals surface area contributed by atoms with Crippen LogP contribution < -0.4 is 32.7 Å². The SMILES string of the molecule is CCC(=O)N[C@@H](Cc1nc2ccc(C(C)C)cc2s1)C(=O)N[C@H](C(=O)N[C@@H](CCCCN)C(=O)N[C@@H](CC(C)C)C(N)=O)C(C)C. The number of thiazole rings is 1. The molecule has 0 bridgehead atoms. The van der Waals surface area contributed by atoms with E-state index in [1.165, 1.54) is 16.9 Å². The summed E-state index contributed by atoms with van der Waals surface area (Å²) in [5, 5.41) is 11.7. The van der Waals surface area contributed by atoms with Crippen molar-refractivity contribution in [3.05, 3.63) is 28.8 Å². The summed E-state index contributed by atoms with van der Waals surface area (Å²) in [7, 11) is 0. The lowest BCUT2D eigenvalue weighted by atomic mass is 10.00. The molecule has 0 saturated heterocycles. The number of primary amides is 1. The Morgan fingerprint density at radius 1 is 0.848 bits per heavy atom. The molecule has 13 heteroatoms. The summed E-state index contributed by atoms with van der Waals surface area (Å²) in [6, 6.07) is 2.25. The first kappa shape index (κ1) is 38.6. The van der Waals surface area contributed by atoms with Crippen molar-refractivity contribution in [3.8, 4) is 0 Å². The van der Waals surface area contributed by atoms with E-state index in [0.29, 0.717) is 36.7 Å². The van der Waals surface area contributed by atoms with Gasteiger partial charge in [-0.2, -0.15) is 0 Å². The van der Waals surface area contributed by atoms with Crippen LogP contribution in [0.1, 0.15) is 97.1 Å². The van der Waals surface area contributed by atoms with Crippen molar-refractivity contribution >= 4 is 51.1 Å². The van der Waals surface area contributed by atoms with Gasteiger partial charge in [-0.05, 0) is 67.7 Å². The van der Waals surface area contributed by atoms with E-state index in [1.807, 2.05) is 26.0 Å². The average molecular weight is 660 g/mol. The predicted molar refractivity (Wildman–Crippen MR) is 182 cm³/mol. The Morgan fingerprint density at radius 2 is 1.50 bits per heavy atom. The van der Waals surface area contributed by atoms with E-state index in [2.05, 4.69) is 46.2 Å². The first-order chi connectivity index (χ1) is 21.7. The Labute approximate surface area is 276 Å². The number of nitrogens with two attached hydrogens (primary N) is 2. The van der Waals surface area contributed by atoms with Crippen LogP contribution in [-0.2, 0) is 30.4 Å². The summed E-state index contributed by atoms with van der Waals surface area (Å²) in [5.74, 6) is -2.49. The van der Waals surface area contributed by atoms with E-state index in [-0.39, 0.29) is 37.0 Å². The monoisotopic (exact) mass is 659 g/mol. The van der Waals surface area contributed by atoms with Crippen LogP contribution in [0.25, 0.3) is 10.2 Å². The molecule has 0 saturated carbocycles. The molecular formula is C33H53N7O5S. The summed E-state index contributed by atoms with van der Waals surface area (Å²) >= 11 is 1.46. The second kappa shape index (κ2) is 18.5. The van der Waals surface area contributed by atoms with Gasteiger partial charge in [-0.25, -0.2) is 4.98 Å². The van der Waals surface area contributed by atoms with Gasteiger partial charge in [0.1, 0.15) is 24.2 Å². The molecule has 0 radical (unpaired) electrons. The molecule has 1 aromatic heterocycles. The van der Waals surface area contributed by atoms with Gasteiger partial charge >= 0.3 is 0 Å². The second-order valence-electron chi connectivity index (χ2n) is 12.8. The van der Waals surface area contributed by atoms with Crippen molar-refractivity contribution in [2.75, 3.05) is 6.54 Å². The molecule has 2 rings (SSSR count). The van der Waals surface area contributed by atoms with E-state index >= 15 is 0 Å². The van der Waals surface area contributed by atoms with Crippen molar-refractivity contribution < 1.29 is 24.0 Å². The zero-order valence-electron chi connectivity index (χ0n) is 28.3. The summed E-state index contributed by atoms with van der Waals surface area (Å²) in [5.41, 5.74) is 13.2. The number of carbonyl (C=O) groups excluding carboxylic acids is 5. The number of amides is 5. The van der Waals surface area contributed by atoms with Crippen molar-refractivity contribution in [2.24, 2.45) is 23.3 Å². The second-order valence-corrected chi connectivity index (χ2v) is 14.0. The fourth-order valence-electron chi connectivity index (χ4n) is 4.92. The van der Waals surface area contributed by atoms with Gasteiger partial charge in [0.25, 0.3) is 0 Å². The highest BCUT2D eigenvalue weighted by molar-refractivity contribution is 7.18. The van der Waals surface area contributed by atoms with E-state index in [4.69, 9.17) is 11.5 Å². The molecule has 8 N–H and O–H groups in total. The van der Waals surface area contributed by atoms with Crippen molar-refractivity contribution in [1.82, 2.24) is 26.3 Å². The first-order valence-corrected chi connectivity index (χ1v) is 17.1. The summed E-state index contributed by atoms with van der Waals surface area (Å²) in [6.07, 6.45) is 2.16. The summed E-state index contributed by atoms with van der Waals surface area (Å²) < 4.78 is 0.993. The minimum absolute atomic E-state index is 0.102. The number of hydrogen-bond donors (Lipinski definition) is 6. The molecule has 5 amide bonds. The molecule has 0 fully saturated rings. The molecule has 0 aliphatic rings. The lowest BCUT2D eigenvalue weighted by Gasteiger charge is -2.28. The Kier molecular flexibility index (Phi) is 15.6. The molecule has 0 spiro atoms. The third kappa shape index (κ3) is 12.0. The molecule has 256 valence electrons. The molecular weight excluding hydrogens is 606 g/mol. The van der Waals surface area contributed by atoms with Crippen molar-refractivity contribution in [3.63, 3.8) is 0 Å². The lowest BCUT2D eigenvalue weighted by molar-refractivity contribution is -0.135. The molecule has 2 aromatic rings. The molecule has 0 aliphatic heterocycles. The molecule has 0 unspecified atom stereocenters. The van der Waals surface area contributed by atoms with Crippen LogP contribution in [0.5, 0.6) is 0 Å². The van der Waals surface area contributed by atoms with Crippen LogP contribution in [0, 0.1) is 11.8 Å². The highest BCUT2D eigenvalue weighted by Crippen LogP contribution is 2.27. The maximum atomic E-state index is 13.7. The van der Waals surface area contributed by atoms with Crippen LogP contribution in [0.3, 0.4) is 0 Å². The smallest absolute Gasteiger partial charge is 0.243 e. The highest BCUT2D eigenvalue weighted by Gasteiger charge is 2.33. The normalized spacial score (nSPS) is 14.2. The number of carbonyl (C=O) groups is 5. The van der Waals surface area contributed by atoms with E-state index in [9.17, 15) is 24.0 Å². The maximum Gasteiger partial charge on any atom is 0.243 e. The van der Waals surface area contributed by atoms with E-state index in [0.717, 1.165) is 10.2 Å². The van der Waals surface area contributed by atoms with E-state index in [1.54, 1.807) is 20.8 Å². The summed E-state index contributed by atoms with van der Waals surface area (Å²) in [6.45, 7) is 13.7. The van der Waals surface area contributed by atoms with Crippen LogP contribution in [-0.4, -0.2) is 65.2 Å². The number of unbranched alkanes of at least 4 members (excludes halogenated alkanes) is 1. The lowest BCUT2D eigenvalue weighted by Crippen LogP contribution is -2.59. The minimum Gasteiger partial charge on any atom is -0.368 e. The molecule has 1 heterocycles. The number of aromatic nitrogens is 1. The first-order valence-electron chi connectivity index (χ1n) is 16.3. The van der Waals surface area contributed by atoms with Gasteiger partial charge < -0.3 is 32.7 Å². The van der Waals surface area contributed by atoms with Gasteiger partial charge in [-0.1, -0.05) is 54.5 Å². The number of fused-ring (bicyclic) bond motifs is 1. The number of nitrogens with one attached hydrogen (secondary N) is 4. The molecule has 1 aromatic carbocycles. The Balaban J connectivity index is 2.26. The zero-order valence-corrected chi connectivity index (χ0v) is 29.1. The predicted octanol–water partition coefficient (Wildman–Crippen LogP) is 2.63. The average Bonchev–Trinajstić information content (AvgIpc) is 3.39. The molecule has 4 atom stereocenters. The Hall–Kier alpha value is -3.58. The zero-order chi connectivity index (χ0) is 34.6. The van der Waals surface area contributed by atoms with Crippen LogP contribution in [0.2, 0.25) is 0 Å². The van der Waals surface area contributed by atoms with Crippen LogP contribution in [0.4, 0.5) is 0 Å². The van der Waals surface area contributed by atoms with Gasteiger partial charge in [-0.3, -0.25) is 24.0 Å². The van der Waals surface area contributed by atoms with Gasteiger partial charge in [-0.15, -0.1) is 11.3 Å². The van der Waals surface area contributed by atoms with Gasteiger partial charge in [0.2, 0.25) is 29.5 Å². The van der Waals surface area contributed by atoms with Crippen molar-refractivity contribution in [1.29, 1.82) is 0 Å². The maximum absolute atomic E-state index is 13.7.